The fourth-order valence-electron chi connectivity index (χ4n) is 2.48. The van der Waals surface area contributed by atoms with Crippen LogP contribution in [-0.2, 0) is 6.54 Å². The van der Waals surface area contributed by atoms with Gasteiger partial charge in [-0.25, -0.2) is 0 Å². The van der Waals surface area contributed by atoms with Crippen molar-refractivity contribution in [1.82, 2.24) is 4.90 Å². The molecule has 0 aromatic carbocycles. The van der Waals surface area contributed by atoms with Gasteiger partial charge in [-0.2, -0.15) is 11.3 Å². The summed E-state index contributed by atoms with van der Waals surface area (Å²) in [6, 6.07) is 3.48. The highest BCUT2D eigenvalue weighted by Gasteiger charge is 2.38. The molecule has 1 aliphatic carbocycles. The predicted octanol–water partition coefficient (Wildman–Crippen LogP) is 3.09. The van der Waals surface area contributed by atoms with Gasteiger partial charge in [0.25, 0.3) is 0 Å². The third kappa shape index (κ3) is 3.30. The van der Waals surface area contributed by atoms with Gasteiger partial charge < -0.3 is 5.73 Å². The summed E-state index contributed by atoms with van der Waals surface area (Å²) < 4.78 is 0. The Morgan fingerprint density at radius 1 is 1.47 bits per heavy atom. The van der Waals surface area contributed by atoms with Gasteiger partial charge in [0, 0.05) is 25.2 Å². The quantitative estimate of drug-likeness (QED) is 0.872. The maximum Gasteiger partial charge on any atom is 0.0273 e. The molecule has 1 saturated carbocycles. The van der Waals surface area contributed by atoms with E-state index >= 15 is 0 Å². The van der Waals surface area contributed by atoms with Gasteiger partial charge in [-0.3, -0.25) is 4.90 Å². The molecule has 0 bridgehead atoms. The van der Waals surface area contributed by atoms with E-state index < -0.39 is 0 Å². The summed E-state index contributed by atoms with van der Waals surface area (Å²) in [5.41, 5.74) is 7.71. The summed E-state index contributed by atoms with van der Waals surface area (Å²) in [4.78, 5) is 2.63. The Hall–Kier alpha value is -0.380. The van der Waals surface area contributed by atoms with Gasteiger partial charge in [-0.05, 0) is 40.6 Å². The van der Waals surface area contributed by atoms with E-state index in [0.29, 0.717) is 6.04 Å². The van der Waals surface area contributed by atoms with Gasteiger partial charge in [0.05, 0.1) is 0 Å². The number of rotatable bonds is 5. The number of nitrogens with two attached hydrogens (primary N) is 1. The summed E-state index contributed by atoms with van der Waals surface area (Å²) in [5, 5.41) is 4.42. The lowest BCUT2D eigenvalue weighted by atomic mass is 9.85. The lowest BCUT2D eigenvalue weighted by molar-refractivity contribution is 0.0897. The maximum atomic E-state index is 6.02. The zero-order chi connectivity index (χ0) is 12.5. The highest BCUT2D eigenvalue weighted by molar-refractivity contribution is 7.07. The molecule has 1 unspecified atom stereocenters. The Morgan fingerprint density at radius 3 is 2.59 bits per heavy atom. The molecule has 96 valence electrons. The Balaban J connectivity index is 2.10. The van der Waals surface area contributed by atoms with Crippen molar-refractivity contribution in [2.24, 2.45) is 11.1 Å². The normalized spacial score (nSPS) is 18.6. The van der Waals surface area contributed by atoms with Crippen molar-refractivity contribution in [1.29, 1.82) is 0 Å². The summed E-state index contributed by atoms with van der Waals surface area (Å²) in [7, 11) is 0. The van der Waals surface area contributed by atoms with Crippen LogP contribution in [0.2, 0.25) is 0 Å². The largest absolute Gasteiger partial charge is 0.329 e. The molecule has 1 aromatic rings. The fourth-order valence-corrected chi connectivity index (χ4v) is 3.14. The third-order valence-corrected chi connectivity index (χ3v) is 4.32. The molecule has 1 fully saturated rings. The van der Waals surface area contributed by atoms with Crippen LogP contribution >= 0.6 is 11.3 Å². The zero-order valence-corrected chi connectivity index (χ0v) is 12.0. The van der Waals surface area contributed by atoms with E-state index in [2.05, 4.69) is 42.5 Å². The highest BCUT2D eigenvalue weighted by Crippen LogP contribution is 2.35. The monoisotopic (exact) mass is 252 g/mol. The van der Waals surface area contributed by atoms with Crippen LogP contribution in [0.15, 0.2) is 16.8 Å². The molecule has 0 spiro atoms. The summed E-state index contributed by atoms with van der Waals surface area (Å²) in [6.45, 7) is 8.71. The number of thiophene rings is 1. The molecule has 1 aromatic heterocycles. The first-order valence-electron chi connectivity index (χ1n) is 6.49. The molecular weight excluding hydrogens is 228 g/mol. The van der Waals surface area contributed by atoms with Gasteiger partial charge in [-0.15, -0.1) is 0 Å². The molecular formula is C14H24N2S. The molecule has 0 aliphatic heterocycles. The minimum atomic E-state index is 0.257. The lowest BCUT2D eigenvalue weighted by Gasteiger charge is -2.39. The van der Waals surface area contributed by atoms with Crippen molar-refractivity contribution in [2.45, 2.75) is 52.2 Å². The van der Waals surface area contributed by atoms with Crippen LogP contribution in [0, 0.1) is 5.41 Å². The average Bonchev–Trinajstić information content (AvgIpc) is 2.95. The van der Waals surface area contributed by atoms with Gasteiger partial charge in [0.15, 0.2) is 0 Å². The SMILES string of the molecule is CC(C)(C)C(CN)N(Cc1ccsc1)C1CC1. The summed E-state index contributed by atoms with van der Waals surface area (Å²) in [6.07, 6.45) is 2.69. The molecule has 17 heavy (non-hydrogen) atoms. The predicted molar refractivity (Wildman–Crippen MR) is 75.2 cm³/mol. The van der Waals surface area contributed by atoms with Crippen molar-refractivity contribution in [3.05, 3.63) is 22.4 Å². The maximum absolute atomic E-state index is 6.02. The van der Waals surface area contributed by atoms with Crippen LogP contribution < -0.4 is 5.73 Å². The Labute approximate surface area is 109 Å². The van der Waals surface area contributed by atoms with Gasteiger partial charge >= 0.3 is 0 Å². The second kappa shape index (κ2) is 5.09. The molecule has 0 saturated heterocycles. The molecule has 0 radical (unpaired) electrons. The van der Waals surface area contributed by atoms with Crippen LogP contribution in [0.4, 0.5) is 0 Å². The topological polar surface area (TPSA) is 29.3 Å². The van der Waals surface area contributed by atoms with Crippen molar-refractivity contribution >= 4 is 11.3 Å². The van der Waals surface area contributed by atoms with Crippen LogP contribution in [0.1, 0.15) is 39.2 Å². The van der Waals surface area contributed by atoms with Gasteiger partial charge in [0.2, 0.25) is 0 Å². The van der Waals surface area contributed by atoms with E-state index in [0.717, 1.165) is 19.1 Å². The minimum absolute atomic E-state index is 0.257. The molecule has 1 aliphatic rings. The van der Waals surface area contributed by atoms with E-state index in [4.69, 9.17) is 5.73 Å². The standard InChI is InChI=1S/C14H24N2S/c1-14(2,3)13(8-15)16(12-4-5-12)9-11-6-7-17-10-11/h6-7,10,12-13H,4-5,8-9,15H2,1-3H3. The van der Waals surface area contributed by atoms with E-state index in [1.165, 1.54) is 18.4 Å². The Morgan fingerprint density at radius 2 is 2.18 bits per heavy atom. The van der Waals surface area contributed by atoms with Crippen molar-refractivity contribution in [3.8, 4) is 0 Å². The van der Waals surface area contributed by atoms with Crippen molar-refractivity contribution in [2.75, 3.05) is 6.54 Å². The molecule has 3 heteroatoms. The average molecular weight is 252 g/mol. The third-order valence-electron chi connectivity index (χ3n) is 3.58. The van der Waals surface area contributed by atoms with E-state index in [1.54, 1.807) is 11.3 Å². The Bertz CT molecular complexity index is 336. The summed E-state index contributed by atoms with van der Waals surface area (Å²) in [5.74, 6) is 0. The van der Waals surface area contributed by atoms with Crippen LogP contribution in [0.3, 0.4) is 0 Å². The fraction of sp³-hybridized carbons (Fsp3) is 0.714. The van der Waals surface area contributed by atoms with Gasteiger partial charge in [0.1, 0.15) is 0 Å². The van der Waals surface area contributed by atoms with Gasteiger partial charge in [-0.1, -0.05) is 20.8 Å². The molecule has 1 heterocycles. The zero-order valence-electron chi connectivity index (χ0n) is 11.1. The molecule has 0 amide bonds. The molecule has 2 rings (SSSR count). The van der Waals surface area contributed by atoms with E-state index in [9.17, 15) is 0 Å². The number of hydrogen-bond donors (Lipinski definition) is 1. The lowest BCUT2D eigenvalue weighted by Crippen LogP contribution is -2.49. The van der Waals surface area contributed by atoms with Crippen molar-refractivity contribution < 1.29 is 0 Å². The first-order valence-corrected chi connectivity index (χ1v) is 7.43. The van der Waals surface area contributed by atoms with Crippen LogP contribution in [0.5, 0.6) is 0 Å². The molecule has 2 N–H and O–H groups in total. The number of nitrogens with zero attached hydrogens (tertiary/aromatic N) is 1. The first kappa shape index (κ1) is 13.1. The smallest absolute Gasteiger partial charge is 0.0273 e. The first-order chi connectivity index (χ1) is 8.02. The van der Waals surface area contributed by atoms with E-state index in [-0.39, 0.29) is 5.41 Å². The summed E-state index contributed by atoms with van der Waals surface area (Å²) >= 11 is 1.78. The minimum Gasteiger partial charge on any atom is -0.329 e. The second-order valence-corrected chi connectivity index (χ2v) is 6.93. The van der Waals surface area contributed by atoms with Crippen LogP contribution in [-0.4, -0.2) is 23.5 Å². The van der Waals surface area contributed by atoms with E-state index in [1.807, 2.05) is 0 Å². The highest BCUT2D eigenvalue weighted by atomic mass is 32.1. The number of hydrogen-bond acceptors (Lipinski definition) is 3. The van der Waals surface area contributed by atoms with Crippen molar-refractivity contribution in [3.63, 3.8) is 0 Å². The second-order valence-electron chi connectivity index (χ2n) is 6.15. The Kier molecular flexibility index (Phi) is 3.91. The van der Waals surface area contributed by atoms with Crippen LogP contribution in [0.25, 0.3) is 0 Å². The molecule has 2 nitrogen and oxygen atoms in total. The molecule has 1 atom stereocenters.